The lowest BCUT2D eigenvalue weighted by molar-refractivity contribution is -0.130. The van der Waals surface area contributed by atoms with Gasteiger partial charge >= 0.3 is 0 Å². The Morgan fingerprint density at radius 2 is 2.00 bits per heavy atom. The molecule has 4 nitrogen and oxygen atoms in total. The van der Waals surface area contributed by atoms with Gasteiger partial charge in [-0.1, -0.05) is 0 Å². The summed E-state index contributed by atoms with van der Waals surface area (Å²) in [6.07, 6.45) is 0. The zero-order valence-corrected chi connectivity index (χ0v) is 11.5. The molecule has 1 amide bonds. The van der Waals surface area contributed by atoms with Gasteiger partial charge in [-0.25, -0.2) is 0 Å². The van der Waals surface area contributed by atoms with Gasteiger partial charge in [0, 0.05) is 11.9 Å². The molecule has 1 N–H and O–H groups in total. The molecule has 0 aliphatic carbocycles. The van der Waals surface area contributed by atoms with Crippen molar-refractivity contribution >= 4 is 17.7 Å². The summed E-state index contributed by atoms with van der Waals surface area (Å²) < 4.78 is 0. The summed E-state index contributed by atoms with van der Waals surface area (Å²) >= 11 is 1.38. The number of rotatable bonds is 4. The van der Waals surface area contributed by atoms with Crippen LogP contribution in [0.1, 0.15) is 13.8 Å². The van der Waals surface area contributed by atoms with Crippen LogP contribution in [0.4, 0.5) is 0 Å². The maximum atomic E-state index is 11.9. The molecular weight excluding hydrogens is 248 g/mol. The van der Waals surface area contributed by atoms with E-state index in [9.17, 15) is 4.79 Å². The third kappa shape index (κ3) is 3.67. The first-order valence-corrected chi connectivity index (χ1v) is 6.45. The molecule has 0 fully saturated rings. The van der Waals surface area contributed by atoms with Gasteiger partial charge in [-0.05, 0) is 38.1 Å². The van der Waals surface area contributed by atoms with Gasteiger partial charge in [0.25, 0.3) is 0 Å². The van der Waals surface area contributed by atoms with Crippen LogP contribution in [0.5, 0.6) is 5.75 Å². The van der Waals surface area contributed by atoms with E-state index < -0.39 is 5.54 Å². The van der Waals surface area contributed by atoms with E-state index in [1.165, 1.54) is 16.7 Å². The Hall–Kier alpha value is -1.67. The van der Waals surface area contributed by atoms with Crippen molar-refractivity contribution in [2.24, 2.45) is 0 Å². The first kappa shape index (κ1) is 14.4. The Morgan fingerprint density at radius 1 is 1.44 bits per heavy atom. The summed E-state index contributed by atoms with van der Waals surface area (Å²) in [5.41, 5.74) is -0.799. The van der Waals surface area contributed by atoms with E-state index >= 15 is 0 Å². The molecule has 5 heteroatoms. The van der Waals surface area contributed by atoms with Crippen LogP contribution < -0.4 is 0 Å². The van der Waals surface area contributed by atoms with E-state index in [1.807, 2.05) is 0 Å². The summed E-state index contributed by atoms with van der Waals surface area (Å²) in [7, 11) is 1.63. The van der Waals surface area contributed by atoms with Crippen molar-refractivity contribution in [2.75, 3.05) is 12.8 Å². The smallest absolute Gasteiger partial charge is 0.233 e. The van der Waals surface area contributed by atoms with Crippen LogP contribution in [-0.2, 0) is 4.79 Å². The van der Waals surface area contributed by atoms with E-state index in [4.69, 9.17) is 10.4 Å². The molecule has 0 heterocycles. The maximum Gasteiger partial charge on any atom is 0.233 e. The minimum Gasteiger partial charge on any atom is -0.508 e. The van der Waals surface area contributed by atoms with Crippen LogP contribution >= 0.6 is 11.8 Å². The minimum atomic E-state index is -0.799. The average Bonchev–Trinajstić information content (AvgIpc) is 2.36. The van der Waals surface area contributed by atoms with E-state index in [-0.39, 0.29) is 17.4 Å². The normalized spacial score (nSPS) is 10.8. The Morgan fingerprint density at radius 3 is 2.50 bits per heavy atom. The molecule has 18 heavy (non-hydrogen) atoms. The van der Waals surface area contributed by atoms with E-state index in [1.54, 1.807) is 45.2 Å². The first-order valence-electron chi connectivity index (χ1n) is 5.46. The number of phenols is 1. The molecule has 96 valence electrons. The van der Waals surface area contributed by atoms with Gasteiger partial charge in [-0.3, -0.25) is 4.79 Å². The molecule has 1 rings (SSSR count). The molecule has 1 aromatic rings. The third-order valence-electron chi connectivity index (χ3n) is 2.69. The second-order valence-electron chi connectivity index (χ2n) is 4.41. The molecule has 0 aliphatic rings. The number of amides is 1. The van der Waals surface area contributed by atoms with Crippen molar-refractivity contribution in [1.29, 1.82) is 5.26 Å². The molecule has 0 spiro atoms. The van der Waals surface area contributed by atoms with Crippen molar-refractivity contribution in [1.82, 2.24) is 4.90 Å². The number of thioether (sulfide) groups is 1. The summed E-state index contributed by atoms with van der Waals surface area (Å²) in [6.45, 7) is 3.41. The average molecular weight is 264 g/mol. The maximum absolute atomic E-state index is 11.9. The van der Waals surface area contributed by atoms with Gasteiger partial charge in [-0.2, -0.15) is 5.26 Å². The van der Waals surface area contributed by atoms with Crippen molar-refractivity contribution in [3.63, 3.8) is 0 Å². The van der Waals surface area contributed by atoms with E-state index in [0.29, 0.717) is 0 Å². The van der Waals surface area contributed by atoms with Gasteiger partial charge in [-0.15, -0.1) is 11.8 Å². The second-order valence-corrected chi connectivity index (χ2v) is 5.45. The van der Waals surface area contributed by atoms with Crippen LogP contribution in [0.25, 0.3) is 0 Å². The molecule has 0 bridgehead atoms. The standard InChI is InChI=1S/C13H16N2O2S/c1-13(2,9-14)15(3)12(17)8-18-11-6-4-10(16)5-7-11/h4-7,16H,8H2,1-3H3. The number of nitrogens with zero attached hydrogens (tertiary/aromatic N) is 2. The zero-order chi connectivity index (χ0) is 13.8. The van der Waals surface area contributed by atoms with Crippen molar-refractivity contribution in [3.8, 4) is 11.8 Å². The number of hydrogen-bond donors (Lipinski definition) is 1. The van der Waals surface area contributed by atoms with Gasteiger partial charge in [0.15, 0.2) is 0 Å². The highest BCUT2D eigenvalue weighted by molar-refractivity contribution is 8.00. The lowest BCUT2D eigenvalue weighted by Crippen LogP contribution is -2.44. The number of aromatic hydroxyl groups is 1. The summed E-state index contributed by atoms with van der Waals surface area (Å²) in [5, 5.41) is 18.1. The topological polar surface area (TPSA) is 64.3 Å². The quantitative estimate of drug-likeness (QED) is 0.847. The summed E-state index contributed by atoms with van der Waals surface area (Å²) in [6, 6.07) is 8.75. The lowest BCUT2D eigenvalue weighted by atomic mass is 10.1. The highest BCUT2D eigenvalue weighted by Crippen LogP contribution is 2.22. The van der Waals surface area contributed by atoms with E-state index in [0.717, 1.165) is 4.90 Å². The summed E-state index contributed by atoms with van der Waals surface area (Å²) in [5.74, 6) is 0.375. The molecule has 0 aliphatic heterocycles. The number of nitriles is 1. The largest absolute Gasteiger partial charge is 0.508 e. The fourth-order valence-corrected chi connectivity index (χ4v) is 1.98. The molecule has 0 atom stereocenters. The van der Waals surface area contributed by atoms with Crippen LogP contribution in [-0.4, -0.2) is 34.3 Å². The van der Waals surface area contributed by atoms with Gasteiger partial charge in [0.05, 0.1) is 11.8 Å². The highest BCUT2D eigenvalue weighted by Gasteiger charge is 2.26. The van der Waals surface area contributed by atoms with Crippen molar-refractivity contribution in [3.05, 3.63) is 24.3 Å². The number of carbonyl (C=O) groups is 1. The van der Waals surface area contributed by atoms with Crippen LogP contribution in [0.2, 0.25) is 0 Å². The fraction of sp³-hybridized carbons (Fsp3) is 0.385. The number of benzene rings is 1. The Kier molecular flexibility index (Phi) is 4.62. The van der Waals surface area contributed by atoms with Crippen LogP contribution in [0.3, 0.4) is 0 Å². The van der Waals surface area contributed by atoms with Crippen LogP contribution in [0.15, 0.2) is 29.2 Å². The third-order valence-corrected chi connectivity index (χ3v) is 3.68. The highest BCUT2D eigenvalue weighted by atomic mass is 32.2. The predicted molar refractivity (Wildman–Crippen MR) is 71.3 cm³/mol. The van der Waals surface area contributed by atoms with Crippen LogP contribution in [0, 0.1) is 11.3 Å². The minimum absolute atomic E-state index is 0.0976. The predicted octanol–water partition coefficient (Wildman–Crippen LogP) is 2.24. The second kappa shape index (κ2) is 5.78. The lowest BCUT2D eigenvalue weighted by Gasteiger charge is -2.29. The molecule has 1 aromatic carbocycles. The van der Waals surface area contributed by atoms with Gasteiger partial charge < -0.3 is 10.0 Å². The Balaban J connectivity index is 2.57. The zero-order valence-electron chi connectivity index (χ0n) is 10.7. The Bertz CT molecular complexity index is 463. The molecule has 0 saturated heterocycles. The Labute approximate surface area is 111 Å². The number of hydrogen-bond acceptors (Lipinski definition) is 4. The molecular formula is C13H16N2O2S. The number of phenolic OH excluding ortho intramolecular Hbond substituents is 1. The van der Waals surface area contributed by atoms with Crippen molar-refractivity contribution < 1.29 is 9.90 Å². The fourth-order valence-electron chi connectivity index (χ4n) is 1.17. The molecule has 0 radical (unpaired) electrons. The monoisotopic (exact) mass is 264 g/mol. The van der Waals surface area contributed by atoms with E-state index in [2.05, 4.69) is 6.07 Å². The molecule has 0 unspecified atom stereocenters. The SMILES string of the molecule is CN(C(=O)CSc1ccc(O)cc1)C(C)(C)C#N. The molecule has 0 saturated carbocycles. The summed E-state index contributed by atoms with van der Waals surface area (Å²) in [4.78, 5) is 14.2. The van der Waals surface area contributed by atoms with Gasteiger partial charge in [0.2, 0.25) is 5.91 Å². The number of carbonyl (C=O) groups excluding carboxylic acids is 1. The van der Waals surface area contributed by atoms with Crippen molar-refractivity contribution in [2.45, 2.75) is 24.3 Å². The molecule has 0 aromatic heterocycles. The van der Waals surface area contributed by atoms with Gasteiger partial charge in [0.1, 0.15) is 11.3 Å². The first-order chi connectivity index (χ1) is 8.36.